The maximum atomic E-state index is 13.5. The zero-order valence-electron chi connectivity index (χ0n) is 13.6. The van der Waals surface area contributed by atoms with Crippen molar-refractivity contribution in [2.45, 2.75) is 6.73 Å². The van der Waals surface area contributed by atoms with E-state index in [4.69, 9.17) is 10.5 Å². The molecule has 26 heavy (non-hydrogen) atoms. The molecule has 132 valence electrons. The average molecular weight is 354 g/mol. The summed E-state index contributed by atoms with van der Waals surface area (Å²) in [5.41, 5.74) is 5.89. The summed E-state index contributed by atoms with van der Waals surface area (Å²) < 4.78 is 20.2. The number of hydrogen-bond acceptors (Lipinski definition) is 4. The fourth-order valence-corrected chi connectivity index (χ4v) is 2.25. The number of para-hydroxylation sites is 2. The lowest BCUT2D eigenvalue weighted by Crippen LogP contribution is -2.19. The summed E-state index contributed by atoms with van der Waals surface area (Å²) in [6.45, 7) is -0.0634. The first kappa shape index (κ1) is 17.2. The molecule has 0 unspecified atom stereocenters. The molecule has 0 fully saturated rings. The van der Waals surface area contributed by atoms with Crippen LogP contribution in [0.1, 0.15) is 20.8 Å². The van der Waals surface area contributed by atoms with E-state index >= 15 is 0 Å². The van der Waals surface area contributed by atoms with Gasteiger partial charge in [-0.3, -0.25) is 9.59 Å². The second-order valence-corrected chi connectivity index (χ2v) is 5.31. The van der Waals surface area contributed by atoms with Gasteiger partial charge in [-0.1, -0.05) is 24.3 Å². The topological polar surface area (TPSA) is 99.2 Å². The number of anilines is 1. The van der Waals surface area contributed by atoms with E-state index in [2.05, 4.69) is 10.4 Å². The Balaban J connectivity index is 1.67. The normalized spacial score (nSPS) is 10.3. The predicted molar refractivity (Wildman–Crippen MR) is 92.2 cm³/mol. The third-order valence-corrected chi connectivity index (χ3v) is 3.50. The van der Waals surface area contributed by atoms with Crippen LogP contribution in [0.15, 0.2) is 60.8 Å². The Kier molecular flexibility index (Phi) is 4.93. The van der Waals surface area contributed by atoms with Crippen LogP contribution >= 0.6 is 0 Å². The van der Waals surface area contributed by atoms with Crippen LogP contribution in [-0.4, -0.2) is 21.6 Å². The molecular weight excluding hydrogens is 339 g/mol. The quantitative estimate of drug-likeness (QED) is 0.710. The number of aromatic nitrogens is 2. The van der Waals surface area contributed by atoms with Crippen molar-refractivity contribution in [3.05, 3.63) is 77.9 Å². The third-order valence-electron chi connectivity index (χ3n) is 3.50. The van der Waals surface area contributed by atoms with Gasteiger partial charge in [0.05, 0.1) is 11.3 Å². The van der Waals surface area contributed by atoms with E-state index in [0.717, 1.165) is 0 Å². The smallest absolute Gasteiger partial charge is 0.276 e. The molecule has 2 aromatic carbocycles. The van der Waals surface area contributed by atoms with Crippen molar-refractivity contribution < 1.29 is 18.7 Å². The summed E-state index contributed by atoms with van der Waals surface area (Å²) in [5, 5.41) is 6.65. The van der Waals surface area contributed by atoms with Crippen molar-refractivity contribution in [3.8, 4) is 5.75 Å². The molecule has 0 aliphatic heterocycles. The number of nitrogens with two attached hydrogens (primary N) is 1. The summed E-state index contributed by atoms with van der Waals surface area (Å²) in [5.74, 6) is -1.56. The fourth-order valence-electron chi connectivity index (χ4n) is 2.25. The Morgan fingerprint density at radius 3 is 2.62 bits per heavy atom. The van der Waals surface area contributed by atoms with Crippen LogP contribution < -0.4 is 15.8 Å². The molecule has 1 heterocycles. The number of amides is 2. The van der Waals surface area contributed by atoms with Gasteiger partial charge in [0.25, 0.3) is 11.8 Å². The third kappa shape index (κ3) is 3.86. The lowest BCUT2D eigenvalue weighted by Gasteiger charge is -2.08. The molecule has 0 saturated carbocycles. The van der Waals surface area contributed by atoms with Gasteiger partial charge in [0, 0.05) is 6.20 Å². The van der Waals surface area contributed by atoms with Gasteiger partial charge in [0.2, 0.25) is 0 Å². The minimum atomic E-state index is -0.648. The Hall–Kier alpha value is -3.68. The molecule has 0 radical (unpaired) electrons. The largest absolute Gasteiger partial charge is 0.468 e. The van der Waals surface area contributed by atoms with Gasteiger partial charge in [0.1, 0.15) is 0 Å². The van der Waals surface area contributed by atoms with E-state index in [1.54, 1.807) is 30.3 Å². The highest BCUT2D eigenvalue weighted by atomic mass is 19.1. The van der Waals surface area contributed by atoms with Crippen LogP contribution in [0.4, 0.5) is 10.1 Å². The minimum Gasteiger partial charge on any atom is -0.468 e. The zero-order chi connectivity index (χ0) is 18.5. The Morgan fingerprint density at radius 2 is 1.85 bits per heavy atom. The molecule has 0 aliphatic carbocycles. The van der Waals surface area contributed by atoms with E-state index < -0.39 is 17.6 Å². The number of nitrogens with one attached hydrogen (secondary N) is 1. The van der Waals surface area contributed by atoms with Crippen LogP contribution in [-0.2, 0) is 6.73 Å². The van der Waals surface area contributed by atoms with Crippen molar-refractivity contribution in [2.75, 3.05) is 5.32 Å². The van der Waals surface area contributed by atoms with Crippen molar-refractivity contribution in [3.63, 3.8) is 0 Å². The molecule has 8 heteroatoms. The minimum absolute atomic E-state index is 0.0634. The van der Waals surface area contributed by atoms with Gasteiger partial charge in [-0.2, -0.15) is 5.10 Å². The lowest BCUT2D eigenvalue weighted by molar-refractivity contribution is 0.100. The number of rotatable bonds is 6. The first-order valence-corrected chi connectivity index (χ1v) is 7.65. The predicted octanol–water partition coefficient (Wildman–Crippen LogP) is 2.41. The van der Waals surface area contributed by atoms with Crippen molar-refractivity contribution in [1.82, 2.24) is 9.78 Å². The van der Waals surface area contributed by atoms with Crippen LogP contribution in [0.25, 0.3) is 0 Å². The summed E-state index contributed by atoms with van der Waals surface area (Å²) in [6, 6.07) is 13.9. The SMILES string of the molecule is NC(=O)c1ccccc1NC(=O)c1ccn(COc2ccccc2F)n1. The molecule has 0 aliphatic rings. The first-order chi connectivity index (χ1) is 12.5. The molecule has 0 atom stereocenters. The second-order valence-electron chi connectivity index (χ2n) is 5.31. The second kappa shape index (κ2) is 7.47. The number of carbonyl (C=O) groups excluding carboxylic acids is 2. The maximum Gasteiger partial charge on any atom is 0.276 e. The fraction of sp³-hybridized carbons (Fsp3) is 0.0556. The van der Waals surface area contributed by atoms with Crippen LogP contribution in [0.5, 0.6) is 5.75 Å². The molecule has 3 aromatic rings. The molecule has 3 rings (SSSR count). The Labute approximate surface area is 148 Å². The molecule has 0 spiro atoms. The average Bonchev–Trinajstić information content (AvgIpc) is 3.10. The monoisotopic (exact) mass is 354 g/mol. The Morgan fingerprint density at radius 1 is 1.12 bits per heavy atom. The van der Waals surface area contributed by atoms with Gasteiger partial charge in [-0.15, -0.1) is 0 Å². The van der Waals surface area contributed by atoms with Crippen molar-refractivity contribution >= 4 is 17.5 Å². The van der Waals surface area contributed by atoms with Crippen LogP contribution in [0.2, 0.25) is 0 Å². The molecule has 2 amide bonds. The van der Waals surface area contributed by atoms with E-state index in [1.165, 1.54) is 35.1 Å². The summed E-state index contributed by atoms with van der Waals surface area (Å²) in [6.07, 6.45) is 1.52. The molecule has 0 saturated heterocycles. The summed E-state index contributed by atoms with van der Waals surface area (Å²) in [7, 11) is 0. The highest BCUT2D eigenvalue weighted by Gasteiger charge is 2.14. The Bertz CT molecular complexity index is 955. The van der Waals surface area contributed by atoms with Gasteiger partial charge in [-0.05, 0) is 30.3 Å². The van der Waals surface area contributed by atoms with Crippen LogP contribution in [0, 0.1) is 5.82 Å². The van der Waals surface area contributed by atoms with E-state index in [9.17, 15) is 14.0 Å². The van der Waals surface area contributed by atoms with Crippen molar-refractivity contribution in [2.24, 2.45) is 5.73 Å². The number of benzene rings is 2. The summed E-state index contributed by atoms with van der Waals surface area (Å²) >= 11 is 0. The highest BCUT2D eigenvalue weighted by Crippen LogP contribution is 2.17. The number of carbonyl (C=O) groups is 2. The van der Waals surface area contributed by atoms with E-state index in [0.29, 0.717) is 5.69 Å². The van der Waals surface area contributed by atoms with Crippen LogP contribution in [0.3, 0.4) is 0 Å². The lowest BCUT2D eigenvalue weighted by atomic mass is 10.1. The number of hydrogen-bond donors (Lipinski definition) is 2. The first-order valence-electron chi connectivity index (χ1n) is 7.65. The molecular formula is C18H15FN4O3. The molecule has 3 N–H and O–H groups in total. The number of halogens is 1. The molecule has 1 aromatic heterocycles. The maximum absolute atomic E-state index is 13.5. The van der Waals surface area contributed by atoms with Gasteiger partial charge < -0.3 is 15.8 Å². The van der Waals surface area contributed by atoms with Gasteiger partial charge in [0.15, 0.2) is 24.0 Å². The number of ether oxygens (including phenoxy) is 1. The standard InChI is InChI=1S/C18H15FN4O3/c19-13-6-2-4-8-16(13)26-11-23-10-9-15(22-23)18(25)21-14-7-3-1-5-12(14)17(20)24/h1-10H,11H2,(H2,20,24)(H,21,25). The highest BCUT2D eigenvalue weighted by molar-refractivity contribution is 6.07. The zero-order valence-corrected chi connectivity index (χ0v) is 13.6. The number of nitrogens with zero attached hydrogens (tertiary/aromatic N) is 2. The molecule has 7 nitrogen and oxygen atoms in total. The van der Waals surface area contributed by atoms with E-state index in [1.807, 2.05) is 0 Å². The van der Waals surface area contributed by atoms with Crippen molar-refractivity contribution in [1.29, 1.82) is 0 Å². The van der Waals surface area contributed by atoms with Gasteiger partial charge in [-0.25, -0.2) is 9.07 Å². The van der Waals surface area contributed by atoms with E-state index in [-0.39, 0.29) is 23.7 Å². The van der Waals surface area contributed by atoms with Gasteiger partial charge >= 0.3 is 0 Å². The summed E-state index contributed by atoms with van der Waals surface area (Å²) in [4.78, 5) is 23.7. The molecule has 0 bridgehead atoms. The number of primary amides is 1.